The third-order valence-corrected chi connectivity index (χ3v) is 3.57. The summed E-state index contributed by atoms with van der Waals surface area (Å²) in [7, 11) is 0. The smallest absolute Gasteiger partial charge is 0.251 e. The van der Waals surface area contributed by atoms with E-state index < -0.39 is 0 Å². The molecule has 1 atom stereocenters. The summed E-state index contributed by atoms with van der Waals surface area (Å²) in [5.41, 5.74) is 0.445. The second kappa shape index (κ2) is 6.56. The van der Waals surface area contributed by atoms with E-state index in [1.165, 1.54) is 6.07 Å². The number of rotatable bonds is 5. The summed E-state index contributed by atoms with van der Waals surface area (Å²) in [6.07, 6.45) is 5.38. The van der Waals surface area contributed by atoms with Crippen molar-refractivity contribution in [1.82, 2.24) is 14.9 Å². The molecule has 1 aromatic heterocycles. The van der Waals surface area contributed by atoms with Gasteiger partial charge < -0.3 is 15.0 Å². The van der Waals surface area contributed by atoms with Gasteiger partial charge in [0.1, 0.15) is 5.75 Å². The fourth-order valence-corrected chi connectivity index (χ4v) is 2.09. The normalized spacial score (nSPS) is 12.1. The Morgan fingerprint density at radius 2 is 2.35 bits per heavy atom. The van der Waals surface area contributed by atoms with E-state index in [4.69, 9.17) is 0 Å². The van der Waals surface area contributed by atoms with Crippen LogP contribution in [-0.2, 0) is 6.54 Å². The van der Waals surface area contributed by atoms with Crippen LogP contribution in [0.15, 0.2) is 41.4 Å². The van der Waals surface area contributed by atoms with Gasteiger partial charge >= 0.3 is 0 Å². The number of hydrogen-bond donors (Lipinski definition) is 2. The molecule has 0 radical (unpaired) electrons. The average Bonchev–Trinajstić information content (AvgIpc) is 2.92. The molecule has 0 aliphatic carbocycles. The van der Waals surface area contributed by atoms with Crippen molar-refractivity contribution in [3.8, 4) is 5.75 Å². The fourth-order valence-electron chi connectivity index (χ4n) is 1.84. The fraction of sp³-hybridized carbons (Fsp3) is 0.286. The van der Waals surface area contributed by atoms with Crippen LogP contribution < -0.4 is 5.32 Å². The number of nitrogens with one attached hydrogen (secondary N) is 1. The molecule has 0 fully saturated rings. The maximum atomic E-state index is 12.0. The van der Waals surface area contributed by atoms with E-state index >= 15 is 0 Å². The maximum Gasteiger partial charge on any atom is 0.251 e. The van der Waals surface area contributed by atoms with Crippen molar-refractivity contribution in [3.05, 3.63) is 47.0 Å². The molecule has 0 spiro atoms. The molecule has 5 nitrogen and oxygen atoms in total. The highest BCUT2D eigenvalue weighted by Gasteiger charge is 2.10. The van der Waals surface area contributed by atoms with Gasteiger partial charge in [0, 0.05) is 31.0 Å². The van der Waals surface area contributed by atoms with E-state index in [0.717, 1.165) is 6.54 Å². The molecule has 0 aliphatic rings. The number of carbonyl (C=O) groups is 1. The number of carbonyl (C=O) groups excluding carboxylic acids is 1. The minimum atomic E-state index is -0.190. The Labute approximate surface area is 125 Å². The van der Waals surface area contributed by atoms with Crippen LogP contribution in [0.5, 0.6) is 5.75 Å². The molecule has 20 heavy (non-hydrogen) atoms. The third-order valence-electron chi connectivity index (χ3n) is 2.90. The van der Waals surface area contributed by atoms with Crippen LogP contribution in [0.2, 0.25) is 0 Å². The Bertz CT molecular complexity index is 584. The highest BCUT2D eigenvalue weighted by atomic mass is 79.9. The minimum absolute atomic E-state index is 0.0594. The predicted octanol–water partition coefficient (Wildman–Crippen LogP) is 2.42. The number of aromatic nitrogens is 2. The lowest BCUT2D eigenvalue weighted by atomic mass is 10.1. The number of phenolic OH excluding ortho intramolecular Hbond substituents is 1. The third kappa shape index (κ3) is 3.84. The van der Waals surface area contributed by atoms with Crippen molar-refractivity contribution in [2.45, 2.75) is 13.5 Å². The number of hydrogen-bond acceptors (Lipinski definition) is 3. The van der Waals surface area contributed by atoms with E-state index in [-0.39, 0.29) is 17.6 Å². The molecule has 106 valence electrons. The Morgan fingerprint density at radius 1 is 1.55 bits per heavy atom. The summed E-state index contributed by atoms with van der Waals surface area (Å²) in [5.74, 6) is 0.159. The number of amides is 1. The van der Waals surface area contributed by atoms with Crippen molar-refractivity contribution < 1.29 is 9.90 Å². The lowest BCUT2D eigenvalue weighted by Gasteiger charge is -2.13. The first-order chi connectivity index (χ1) is 9.56. The van der Waals surface area contributed by atoms with Gasteiger partial charge in [-0.25, -0.2) is 4.98 Å². The molecular formula is C14H16BrN3O2. The average molecular weight is 338 g/mol. The standard InChI is InChI=1S/C14H16BrN3O2/c1-10(8-18-5-4-16-9-18)7-17-14(20)11-2-3-12(15)13(19)6-11/h2-6,9-10,19H,7-8H2,1H3,(H,17,20)/t10-/m0/s1. The van der Waals surface area contributed by atoms with Gasteiger partial charge in [-0.3, -0.25) is 4.79 Å². The molecule has 2 rings (SSSR count). The molecule has 2 N–H and O–H groups in total. The monoisotopic (exact) mass is 337 g/mol. The molecule has 0 saturated heterocycles. The molecular weight excluding hydrogens is 322 g/mol. The largest absolute Gasteiger partial charge is 0.507 e. The highest BCUT2D eigenvalue weighted by molar-refractivity contribution is 9.10. The van der Waals surface area contributed by atoms with Gasteiger partial charge in [0.05, 0.1) is 10.8 Å². The minimum Gasteiger partial charge on any atom is -0.507 e. The Kier molecular flexibility index (Phi) is 4.79. The summed E-state index contributed by atoms with van der Waals surface area (Å²) in [6, 6.07) is 4.76. The van der Waals surface area contributed by atoms with Crippen LogP contribution >= 0.6 is 15.9 Å². The molecule has 0 aliphatic heterocycles. The maximum absolute atomic E-state index is 12.0. The van der Waals surface area contributed by atoms with Crippen LogP contribution in [0, 0.1) is 5.92 Å². The molecule has 6 heteroatoms. The van der Waals surface area contributed by atoms with Gasteiger partial charge in [0.15, 0.2) is 0 Å². The van der Waals surface area contributed by atoms with Crippen molar-refractivity contribution in [2.75, 3.05) is 6.54 Å². The molecule has 0 bridgehead atoms. The number of halogens is 1. The summed E-state index contributed by atoms with van der Waals surface area (Å²) in [6.45, 7) is 3.42. The van der Waals surface area contributed by atoms with Gasteiger partial charge in [-0.05, 0) is 40.0 Å². The zero-order chi connectivity index (χ0) is 14.5. The van der Waals surface area contributed by atoms with E-state index in [1.54, 1.807) is 24.7 Å². The summed E-state index contributed by atoms with van der Waals surface area (Å²) in [4.78, 5) is 15.9. The molecule has 1 aromatic carbocycles. The first-order valence-corrected chi connectivity index (χ1v) is 7.08. The van der Waals surface area contributed by atoms with Gasteiger partial charge in [-0.1, -0.05) is 6.92 Å². The van der Waals surface area contributed by atoms with Crippen LogP contribution in [0.4, 0.5) is 0 Å². The highest BCUT2D eigenvalue weighted by Crippen LogP contribution is 2.24. The quantitative estimate of drug-likeness (QED) is 0.880. The van der Waals surface area contributed by atoms with Crippen molar-refractivity contribution in [3.63, 3.8) is 0 Å². The summed E-state index contributed by atoms with van der Waals surface area (Å²) >= 11 is 3.18. The van der Waals surface area contributed by atoms with Gasteiger partial charge in [-0.2, -0.15) is 0 Å². The Balaban J connectivity index is 1.86. The Hall–Kier alpha value is -1.82. The number of imidazole rings is 1. The number of nitrogens with zero attached hydrogens (tertiary/aromatic N) is 2. The SMILES string of the molecule is C[C@@H](CNC(=O)c1ccc(Br)c(O)c1)Cn1ccnc1. The first-order valence-electron chi connectivity index (χ1n) is 6.28. The second-order valence-corrected chi connectivity index (χ2v) is 5.60. The van der Waals surface area contributed by atoms with Crippen LogP contribution in [0.1, 0.15) is 17.3 Å². The molecule has 0 saturated carbocycles. The van der Waals surface area contributed by atoms with Crippen molar-refractivity contribution >= 4 is 21.8 Å². The van der Waals surface area contributed by atoms with E-state index in [0.29, 0.717) is 16.6 Å². The molecule has 1 amide bonds. The predicted molar refractivity (Wildman–Crippen MR) is 79.5 cm³/mol. The number of benzene rings is 1. The van der Waals surface area contributed by atoms with Crippen molar-refractivity contribution in [1.29, 1.82) is 0 Å². The number of aromatic hydroxyl groups is 1. The van der Waals surface area contributed by atoms with E-state index in [1.807, 2.05) is 10.8 Å². The topological polar surface area (TPSA) is 67.2 Å². The molecule has 1 heterocycles. The lowest BCUT2D eigenvalue weighted by Crippen LogP contribution is -2.29. The van der Waals surface area contributed by atoms with Gasteiger partial charge in [0.2, 0.25) is 0 Å². The van der Waals surface area contributed by atoms with Crippen LogP contribution in [0.3, 0.4) is 0 Å². The first kappa shape index (κ1) is 14.6. The summed E-state index contributed by atoms with van der Waals surface area (Å²) in [5, 5.41) is 12.4. The zero-order valence-corrected chi connectivity index (χ0v) is 12.7. The Morgan fingerprint density at radius 3 is 3.00 bits per heavy atom. The zero-order valence-electron chi connectivity index (χ0n) is 11.1. The summed E-state index contributed by atoms with van der Waals surface area (Å²) < 4.78 is 2.55. The van der Waals surface area contributed by atoms with Crippen LogP contribution in [-0.4, -0.2) is 27.1 Å². The van der Waals surface area contributed by atoms with Crippen molar-refractivity contribution in [2.24, 2.45) is 5.92 Å². The van der Waals surface area contributed by atoms with Gasteiger partial charge in [0.25, 0.3) is 5.91 Å². The van der Waals surface area contributed by atoms with Crippen LogP contribution in [0.25, 0.3) is 0 Å². The molecule has 0 unspecified atom stereocenters. The lowest BCUT2D eigenvalue weighted by molar-refractivity contribution is 0.0946. The van der Waals surface area contributed by atoms with E-state index in [9.17, 15) is 9.90 Å². The second-order valence-electron chi connectivity index (χ2n) is 4.74. The number of phenols is 1. The van der Waals surface area contributed by atoms with E-state index in [2.05, 4.69) is 33.2 Å². The van der Waals surface area contributed by atoms with Gasteiger partial charge in [-0.15, -0.1) is 0 Å². The molecule has 2 aromatic rings.